The van der Waals surface area contributed by atoms with E-state index < -0.39 is 0 Å². The number of benzene rings is 1. The topological polar surface area (TPSA) is 29.5 Å². The molecule has 0 saturated carbocycles. The summed E-state index contributed by atoms with van der Waals surface area (Å²) in [6, 6.07) is 8.23. The van der Waals surface area contributed by atoms with Gasteiger partial charge >= 0.3 is 0 Å². The summed E-state index contributed by atoms with van der Waals surface area (Å²) in [5, 5.41) is 0. The molecule has 1 saturated heterocycles. The van der Waals surface area contributed by atoms with Gasteiger partial charge in [-0.25, -0.2) is 0 Å². The molecule has 3 nitrogen and oxygen atoms in total. The Kier molecular flexibility index (Phi) is 3.57. The number of hydrogen-bond donors (Lipinski definition) is 0. The summed E-state index contributed by atoms with van der Waals surface area (Å²) in [6.07, 6.45) is 0.976. The van der Waals surface area contributed by atoms with Gasteiger partial charge < -0.3 is 14.4 Å². The van der Waals surface area contributed by atoms with E-state index in [0.29, 0.717) is 0 Å². The van der Waals surface area contributed by atoms with Crippen molar-refractivity contribution in [2.45, 2.75) is 12.8 Å². The number of ether oxygens (including phenoxy) is 1. The summed E-state index contributed by atoms with van der Waals surface area (Å²) in [7, 11) is 0. The fourth-order valence-corrected chi connectivity index (χ4v) is 1.89. The first-order valence-electron chi connectivity index (χ1n) is 5.69. The summed E-state index contributed by atoms with van der Waals surface area (Å²) < 4.78 is 5.31. The Bertz CT molecular complexity index is 341. The smallest absolute Gasteiger partial charge is 0.127 e. The van der Waals surface area contributed by atoms with Gasteiger partial charge in [0.15, 0.2) is 0 Å². The number of nitrogens with zero attached hydrogens (tertiary/aromatic N) is 1. The van der Waals surface area contributed by atoms with E-state index in [1.165, 1.54) is 5.69 Å². The molecule has 0 aromatic heterocycles. The quantitative estimate of drug-likeness (QED) is 0.726. The number of aldehydes is 1. The third kappa shape index (κ3) is 2.42. The van der Waals surface area contributed by atoms with E-state index in [1.807, 2.05) is 19.1 Å². The van der Waals surface area contributed by atoms with Crippen molar-refractivity contribution in [1.82, 2.24) is 0 Å². The van der Waals surface area contributed by atoms with E-state index in [-0.39, 0.29) is 5.92 Å². The van der Waals surface area contributed by atoms with Crippen LogP contribution in [0.2, 0.25) is 0 Å². The summed E-state index contributed by atoms with van der Waals surface area (Å²) in [6.45, 7) is 5.40. The van der Waals surface area contributed by atoms with Crippen molar-refractivity contribution in [3.63, 3.8) is 0 Å². The second-order valence-electron chi connectivity index (χ2n) is 4.12. The van der Waals surface area contributed by atoms with E-state index in [1.54, 1.807) is 0 Å². The fourth-order valence-electron chi connectivity index (χ4n) is 1.89. The van der Waals surface area contributed by atoms with Gasteiger partial charge in [-0.15, -0.1) is 0 Å². The lowest BCUT2D eigenvalue weighted by Crippen LogP contribution is -2.36. The van der Waals surface area contributed by atoms with Crippen LogP contribution >= 0.6 is 0 Å². The summed E-state index contributed by atoms with van der Waals surface area (Å²) in [5.41, 5.74) is 2.29. The van der Waals surface area contributed by atoms with E-state index in [4.69, 9.17) is 4.74 Å². The molecule has 0 N–H and O–H groups in total. The maximum absolute atomic E-state index is 10.7. The summed E-state index contributed by atoms with van der Waals surface area (Å²) in [5.74, 6) is -0.0151. The zero-order chi connectivity index (χ0) is 11.4. The van der Waals surface area contributed by atoms with Gasteiger partial charge in [0.1, 0.15) is 6.29 Å². The third-order valence-electron chi connectivity index (χ3n) is 3.00. The molecule has 1 fully saturated rings. The van der Waals surface area contributed by atoms with Crippen molar-refractivity contribution >= 4 is 12.0 Å². The Morgan fingerprint density at radius 3 is 2.44 bits per heavy atom. The minimum Gasteiger partial charge on any atom is -0.378 e. The lowest BCUT2D eigenvalue weighted by molar-refractivity contribution is -0.108. The normalized spacial score (nSPS) is 18.2. The van der Waals surface area contributed by atoms with Crippen LogP contribution in [0.15, 0.2) is 24.3 Å². The molecular weight excluding hydrogens is 202 g/mol. The van der Waals surface area contributed by atoms with E-state index in [0.717, 1.165) is 38.2 Å². The van der Waals surface area contributed by atoms with Crippen LogP contribution in [0.1, 0.15) is 18.4 Å². The molecule has 0 spiro atoms. The van der Waals surface area contributed by atoms with E-state index in [9.17, 15) is 4.79 Å². The van der Waals surface area contributed by atoms with E-state index in [2.05, 4.69) is 17.0 Å². The van der Waals surface area contributed by atoms with Crippen LogP contribution in [-0.4, -0.2) is 32.6 Å². The number of rotatable bonds is 3. The van der Waals surface area contributed by atoms with Gasteiger partial charge in [0, 0.05) is 24.7 Å². The molecular formula is C13H17NO2. The fraction of sp³-hybridized carbons (Fsp3) is 0.462. The highest BCUT2D eigenvalue weighted by Crippen LogP contribution is 2.20. The number of carbonyl (C=O) groups is 1. The molecule has 1 aliphatic rings. The Morgan fingerprint density at radius 2 is 1.88 bits per heavy atom. The van der Waals surface area contributed by atoms with Crippen molar-refractivity contribution < 1.29 is 9.53 Å². The third-order valence-corrected chi connectivity index (χ3v) is 3.00. The van der Waals surface area contributed by atoms with Gasteiger partial charge in [0.05, 0.1) is 13.2 Å². The molecule has 0 bridgehead atoms. The maximum atomic E-state index is 10.7. The highest BCUT2D eigenvalue weighted by Gasteiger charge is 2.11. The minimum atomic E-state index is -0.0151. The molecule has 1 aliphatic heterocycles. The Morgan fingerprint density at radius 1 is 1.25 bits per heavy atom. The average Bonchev–Trinajstić information content (AvgIpc) is 2.39. The number of morpholine rings is 1. The van der Waals surface area contributed by atoms with Gasteiger partial charge in [0.2, 0.25) is 0 Å². The van der Waals surface area contributed by atoms with Gasteiger partial charge in [-0.05, 0) is 17.7 Å². The van der Waals surface area contributed by atoms with Crippen molar-refractivity contribution in [1.29, 1.82) is 0 Å². The Labute approximate surface area is 96.0 Å². The predicted octanol–water partition coefficient (Wildman–Crippen LogP) is 1.83. The summed E-state index contributed by atoms with van der Waals surface area (Å²) in [4.78, 5) is 13.0. The van der Waals surface area contributed by atoms with Crippen molar-refractivity contribution in [2.24, 2.45) is 0 Å². The van der Waals surface area contributed by atoms with Crippen LogP contribution in [0.4, 0.5) is 5.69 Å². The first-order valence-corrected chi connectivity index (χ1v) is 5.69. The monoisotopic (exact) mass is 219 g/mol. The highest BCUT2D eigenvalue weighted by atomic mass is 16.5. The molecule has 1 unspecified atom stereocenters. The lowest BCUT2D eigenvalue weighted by atomic mass is 10.0. The molecule has 0 aliphatic carbocycles. The van der Waals surface area contributed by atoms with Crippen molar-refractivity contribution in [2.75, 3.05) is 31.2 Å². The molecule has 1 heterocycles. The molecule has 1 aromatic carbocycles. The second kappa shape index (κ2) is 5.12. The SMILES string of the molecule is CC(C=O)c1ccc(N2CCOCC2)cc1. The van der Waals surface area contributed by atoms with Crippen LogP contribution in [0.25, 0.3) is 0 Å². The van der Waals surface area contributed by atoms with Crippen LogP contribution in [0, 0.1) is 0 Å². The molecule has 1 atom stereocenters. The van der Waals surface area contributed by atoms with E-state index >= 15 is 0 Å². The zero-order valence-electron chi connectivity index (χ0n) is 9.56. The maximum Gasteiger partial charge on any atom is 0.127 e. The minimum absolute atomic E-state index is 0.0151. The van der Waals surface area contributed by atoms with Gasteiger partial charge in [-0.1, -0.05) is 19.1 Å². The first kappa shape index (κ1) is 11.1. The molecule has 2 rings (SSSR count). The van der Waals surface area contributed by atoms with Crippen molar-refractivity contribution in [3.8, 4) is 0 Å². The molecule has 1 aromatic rings. The molecule has 3 heteroatoms. The van der Waals surface area contributed by atoms with Crippen LogP contribution in [0.5, 0.6) is 0 Å². The van der Waals surface area contributed by atoms with Gasteiger partial charge in [-0.3, -0.25) is 0 Å². The van der Waals surface area contributed by atoms with Crippen LogP contribution < -0.4 is 4.90 Å². The molecule has 86 valence electrons. The van der Waals surface area contributed by atoms with Crippen LogP contribution in [0.3, 0.4) is 0 Å². The number of anilines is 1. The summed E-state index contributed by atoms with van der Waals surface area (Å²) >= 11 is 0. The lowest BCUT2D eigenvalue weighted by Gasteiger charge is -2.29. The second-order valence-corrected chi connectivity index (χ2v) is 4.12. The predicted molar refractivity (Wildman–Crippen MR) is 64.0 cm³/mol. The van der Waals surface area contributed by atoms with Gasteiger partial charge in [-0.2, -0.15) is 0 Å². The Balaban J connectivity index is 2.08. The van der Waals surface area contributed by atoms with Crippen molar-refractivity contribution in [3.05, 3.63) is 29.8 Å². The Hall–Kier alpha value is -1.35. The standard InChI is InChI=1S/C13H17NO2/c1-11(10-15)12-2-4-13(5-3-12)14-6-8-16-9-7-14/h2-5,10-11H,6-9H2,1H3. The highest BCUT2D eigenvalue weighted by molar-refractivity contribution is 5.62. The van der Waals surface area contributed by atoms with Crippen LogP contribution in [-0.2, 0) is 9.53 Å². The average molecular weight is 219 g/mol. The number of hydrogen-bond acceptors (Lipinski definition) is 3. The first-order chi connectivity index (χ1) is 7.81. The van der Waals surface area contributed by atoms with Gasteiger partial charge in [0.25, 0.3) is 0 Å². The molecule has 0 amide bonds. The largest absolute Gasteiger partial charge is 0.378 e. The zero-order valence-corrected chi connectivity index (χ0v) is 9.56. The molecule has 0 radical (unpaired) electrons. The molecule has 16 heavy (non-hydrogen) atoms. The number of carbonyl (C=O) groups excluding carboxylic acids is 1.